The first-order chi connectivity index (χ1) is 8.74. The summed E-state index contributed by atoms with van der Waals surface area (Å²) in [6, 6.07) is 0. The maximum Gasteiger partial charge on any atom is 0.235 e. The van der Waals surface area contributed by atoms with Crippen molar-refractivity contribution in [3.63, 3.8) is 0 Å². The van der Waals surface area contributed by atoms with Gasteiger partial charge in [-0.2, -0.15) is 0 Å². The molecule has 0 saturated heterocycles. The second kappa shape index (κ2) is 6.96. The van der Waals surface area contributed by atoms with Gasteiger partial charge in [-0.3, -0.25) is 9.59 Å². The van der Waals surface area contributed by atoms with Crippen molar-refractivity contribution in [2.24, 2.45) is 22.2 Å². The van der Waals surface area contributed by atoms with E-state index >= 15 is 0 Å². The number of nitrogens with zero attached hydrogens (tertiary/aromatic N) is 2. The minimum absolute atomic E-state index is 0.126. The Morgan fingerprint density at radius 1 is 1.53 bits per heavy atom. The minimum Gasteiger partial charge on any atom is -0.409 e. The number of oxime groups is 1. The van der Waals surface area contributed by atoms with Gasteiger partial charge in [0.2, 0.25) is 11.8 Å². The van der Waals surface area contributed by atoms with E-state index in [0.717, 1.165) is 0 Å². The lowest BCUT2D eigenvalue weighted by Crippen LogP contribution is -2.50. The van der Waals surface area contributed by atoms with Gasteiger partial charge in [-0.15, -0.1) is 0 Å². The summed E-state index contributed by atoms with van der Waals surface area (Å²) < 4.78 is 0. The van der Waals surface area contributed by atoms with Crippen LogP contribution in [0, 0.1) is 11.3 Å². The standard InChI is InChI=1S/C12H24N4O3/c1-6-12(3,10(13)15-19)11(18)16(5)7-8(2)9(17)14-4/h8,19H,6-7H2,1-5H3,(H2,13,15)(H,14,17). The molecule has 0 spiro atoms. The van der Waals surface area contributed by atoms with Gasteiger partial charge < -0.3 is 21.2 Å². The van der Waals surface area contributed by atoms with E-state index in [4.69, 9.17) is 10.9 Å². The molecule has 4 N–H and O–H groups in total. The Kier molecular flexibility index (Phi) is 6.31. The summed E-state index contributed by atoms with van der Waals surface area (Å²) in [7, 11) is 3.15. The summed E-state index contributed by atoms with van der Waals surface area (Å²) in [5.41, 5.74) is 4.53. The van der Waals surface area contributed by atoms with Gasteiger partial charge in [-0.25, -0.2) is 0 Å². The molecule has 0 saturated carbocycles. The zero-order valence-corrected chi connectivity index (χ0v) is 12.2. The molecule has 0 aliphatic carbocycles. The second-order valence-corrected chi connectivity index (χ2v) is 4.87. The topological polar surface area (TPSA) is 108 Å². The third-order valence-electron chi connectivity index (χ3n) is 3.44. The van der Waals surface area contributed by atoms with E-state index in [-0.39, 0.29) is 30.1 Å². The summed E-state index contributed by atoms with van der Waals surface area (Å²) >= 11 is 0. The minimum atomic E-state index is -1.06. The highest BCUT2D eigenvalue weighted by molar-refractivity contribution is 6.06. The Bertz CT molecular complexity index is 370. The van der Waals surface area contributed by atoms with E-state index in [9.17, 15) is 9.59 Å². The maximum absolute atomic E-state index is 12.4. The van der Waals surface area contributed by atoms with Crippen LogP contribution in [0.15, 0.2) is 5.16 Å². The van der Waals surface area contributed by atoms with Crippen molar-refractivity contribution >= 4 is 17.6 Å². The fraction of sp³-hybridized carbons (Fsp3) is 0.750. The van der Waals surface area contributed by atoms with E-state index in [2.05, 4.69) is 10.5 Å². The normalized spacial score (nSPS) is 16.4. The summed E-state index contributed by atoms with van der Waals surface area (Å²) in [6.07, 6.45) is 0.403. The van der Waals surface area contributed by atoms with Crippen LogP contribution in [-0.2, 0) is 9.59 Å². The number of amides is 2. The molecular weight excluding hydrogens is 248 g/mol. The average molecular weight is 272 g/mol. The molecule has 0 rings (SSSR count). The van der Waals surface area contributed by atoms with Crippen molar-refractivity contribution in [3.8, 4) is 0 Å². The zero-order valence-electron chi connectivity index (χ0n) is 12.2. The van der Waals surface area contributed by atoms with Crippen LogP contribution in [0.3, 0.4) is 0 Å². The largest absolute Gasteiger partial charge is 0.409 e. The van der Waals surface area contributed by atoms with Gasteiger partial charge >= 0.3 is 0 Å². The summed E-state index contributed by atoms with van der Waals surface area (Å²) in [4.78, 5) is 25.2. The summed E-state index contributed by atoms with van der Waals surface area (Å²) in [6.45, 7) is 5.40. The molecule has 0 aromatic carbocycles. The van der Waals surface area contributed by atoms with Crippen LogP contribution >= 0.6 is 0 Å². The highest BCUT2D eigenvalue weighted by atomic mass is 16.4. The number of nitrogens with two attached hydrogens (primary N) is 1. The second-order valence-electron chi connectivity index (χ2n) is 4.87. The van der Waals surface area contributed by atoms with E-state index in [1.165, 1.54) is 4.90 Å². The molecule has 0 bridgehead atoms. The molecule has 0 fully saturated rings. The van der Waals surface area contributed by atoms with Crippen LogP contribution in [-0.4, -0.2) is 48.4 Å². The molecule has 0 aromatic heterocycles. The third kappa shape index (κ3) is 3.84. The van der Waals surface area contributed by atoms with Gasteiger partial charge in [0.15, 0.2) is 5.84 Å². The van der Waals surface area contributed by atoms with Gasteiger partial charge in [-0.05, 0) is 13.3 Å². The van der Waals surface area contributed by atoms with Crippen LogP contribution in [0.5, 0.6) is 0 Å². The lowest BCUT2D eigenvalue weighted by molar-refractivity contribution is -0.138. The molecule has 0 aliphatic heterocycles. The quantitative estimate of drug-likeness (QED) is 0.273. The lowest BCUT2D eigenvalue weighted by atomic mass is 9.84. The monoisotopic (exact) mass is 272 g/mol. The Labute approximate surface area is 113 Å². The van der Waals surface area contributed by atoms with Crippen molar-refractivity contribution in [1.82, 2.24) is 10.2 Å². The van der Waals surface area contributed by atoms with Crippen LogP contribution in [0.1, 0.15) is 27.2 Å². The molecule has 2 unspecified atom stereocenters. The SMILES string of the molecule is CCC(C)(C(=O)N(C)CC(C)C(=O)NC)C(N)=NO. The predicted molar refractivity (Wildman–Crippen MR) is 72.7 cm³/mol. The van der Waals surface area contributed by atoms with Crippen LogP contribution in [0.4, 0.5) is 0 Å². The van der Waals surface area contributed by atoms with Gasteiger partial charge in [0.25, 0.3) is 0 Å². The third-order valence-corrected chi connectivity index (χ3v) is 3.44. The first-order valence-corrected chi connectivity index (χ1v) is 6.19. The number of hydrogen-bond donors (Lipinski definition) is 3. The van der Waals surface area contributed by atoms with Crippen molar-refractivity contribution in [2.75, 3.05) is 20.6 Å². The number of rotatable bonds is 6. The van der Waals surface area contributed by atoms with Gasteiger partial charge in [0.05, 0.1) is 5.92 Å². The van der Waals surface area contributed by atoms with Crippen molar-refractivity contribution < 1.29 is 14.8 Å². The molecule has 0 heterocycles. The Morgan fingerprint density at radius 3 is 2.42 bits per heavy atom. The molecule has 0 aromatic rings. The predicted octanol–water partition coefficient (Wildman–Crippen LogP) is -0.0104. The molecule has 2 amide bonds. The van der Waals surface area contributed by atoms with E-state index in [0.29, 0.717) is 6.42 Å². The average Bonchev–Trinajstić information content (AvgIpc) is 2.43. The van der Waals surface area contributed by atoms with Gasteiger partial charge in [0.1, 0.15) is 5.41 Å². The number of hydrogen-bond acceptors (Lipinski definition) is 4. The fourth-order valence-electron chi connectivity index (χ4n) is 1.80. The highest BCUT2D eigenvalue weighted by Gasteiger charge is 2.39. The molecule has 0 aliphatic rings. The molecule has 7 nitrogen and oxygen atoms in total. The number of carbonyl (C=O) groups is 2. The smallest absolute Gasteiger partial charge is 0.235 e. The van der Waals surface area contributed by atoms with Crippen LogP contribution in [0.25, 0.3) is 0 Å². The number of carbonyl (C=O) groups excluding carboxylic acids is 2. The molecule has 110 valence electrons. The van der Waals surface area contributed by atoms with Crippen molar-refractivity contribution in [2.45, 2.75) is 27.2 Å². The maximum atomic E-state index is 12.4. The first kappa shape index (κ1) is 17.2. The van der Waals surface area contributed by atoms with Gasteiger partial charge in [-0.1, -0.05) is 19.0 Å². The lowest BCUT2D eigenvalue weighted by Gasteiger charge is -2.31. The number of amidine groups is 1. The van der Waals surface area contributed by atoms with E-state index in [1.54, 1.807) is 34.9 Å². The van der Waals surface area contributed by atoms with Gasteiger partial charge in [0, 0.05) is 20.6 Å². The molecule has 2 atom stereocenters. The van der Waals surface area contributed by atoms with Crippen molar-refractivity contribution in [3.05, 3.63) is 0 Å². The summed E-state index contributed by atoms with van der Waals surface area (Å²) in [5.74, 6) is -0.866. The van der Waals surface area contributed by atoms with Crippen LogP contribution < -0.4 is 11.1 Å². The first-order valence-electron chi connectivity index (χ1n) is 6.19. The fourth-order valence-corrected chi connectivity index (χ4v) is 1.80. The summed E-state index contributed by atoms with van der Waals surface area (Å²) in [5, 5.41) is 14.2. The Hall–Kier alpha value is -1.79. The van der Waals surface area contributed by atoms with E-state index in [1.807, 2.05) is 0 Å². The van der Waals surface area contributed by atoms with Crippen LogP contribution in [0.2, 0.25) is 0 Å². The molecule has 19 heavy (non-hydrogen) atoms. The van der Waals surface area contributed by atoms with Crippen molar-refractivity contribution in [1.29, 1.82) is 0 Å². The van der Waals surface area contributed by atoms with E-state index < -0.39 is 5.41 Å². The highest BCUT2D eigenvalue weighted by Crippen LogP contribution is 2.24. The number of nitrogens with one attached hydrogen (secondary N) is 1. The molecular formula is C12H24N4O3. The zero-order chi connectivity index (χ0) is 15.2. The molecule has 7 heteroatoms. The Morgan fingerprint density at radius 2 is 2.05 bits per heavy atom. The Balaban J connectivity index is 4.94. The molecule has 0 radical (unpaired) electrons.